The van der Waals surface area contributed by atoms with Crippen LogP contribution < -0.4 is 4.74 Å². The van der Waals surface area contributed by atoms with Crippen LogP contribution in [0.5, 0.6) is 5.88 Å². The highest BCUT2D eigenvalue weighted by Crippen LogP contribution is 2.35. The lowest BCUT2D eigenvalue weighted by atomic mass is 10.0. The van der Waals surface area contributed by atoms with Crippen LogP contribution in [-0.4, -0.2) is 22.1 Å². The summed E-state index contributed by atoms with van der Waals surface area (Å²) in [5, 5.41) is 2.37. The van der Waals surface area contributed by atoms with Crippen molar-refractivity contribution in [2.75, 3.05) is 7.11 Å². The van der Waals surface area contributed by atoms with Crippen LogP contribution in [0.2, 0.25) is 0 Å². The summed E-state index contributed by atoms with van der Waals surface area (Å²) in [4.78, 5) is 12.5. The third-order valence-corrected chi connectivity index (χ3v) is 4.67. The zero-order chi connectivity index (χ0) is 17.7. The molecule has 1 N–H and O–H groups in total. The van der Waals surface area contributed by atoms with Gasteiger partial charge in [0.25, 0.3) is 0 Å². The van der Waals surface area contributed by atoms with Gasteiger partial charge < -0.3 is 9.72 Å². The third kappa shape index (κ3) is 2.59. The quantitative estimate of drug-likeness (QED) is 0.440. The van der Waals surface area contributed by atoms with Crippen molar-refractivity contribution in [3.8, 4) is 17.1 Å². The van der Waals surface area contributed by atoms with Gasteiger partial charge >= 0.3 is 0 Å². The Hall–Kier alpha value is -3.18. The Labute approximate surface area is 160 Å². The number of halogens is 2. The number of hydrogen-bond donors (Lipinski definition) is 1. The van der Waals surface area contributed by atoms with Gasteiger partial charge in [-0.05, 0) is 29.7 Å². The topological polar surface area (TPSA) is 50.8 Å². The molecule has 0 spiro atoms. The predicted octanol–water partition coefficient (Wildman–Crippen LogP) is 5.50. The minimum atomic E-state index is -0.237. The first-order valence-corrected chi connectivity index (χ1v) is 8.25. The second-order valence-electron chi connectivity index (χ2n) is 6.10. The average molecular weight is 380 g/mol. The van der Waals surface area contributed by atoms with E-state index in [0.717, 1.165) is 38.6 Å². The van der Waals surface area contributed by atoms with Crippen LogP contribution in [0, 0.1) is 5.82 Å². The minimum Gasteiger partial charge on any atom is -0.481 e. The van der Waals surface area contributed by atoms with Gasteiger partial charge in [-0.2, -0.15) is 0 Å². The number of nitrogens with zero attached hydrogens (tertiary/aromatic N) is 2. The van der Waals surface area contributed by atoms with Crippen molar-refractivity contribution in [2.45, 2.75) is 0 Å². The number of fused-ring (bicyclic) bond motifs is 4. The first-order valence-electron chi connectivity index (χ1n) is 8.25. The summed E-state index contributed by atoms with van der Waals surface area (Å²) < 4.78 is 19.4. The fourth-order valence-corrected chi connectivity index (χ4v) is 3.45. The molecule has 0 atom stereocenters. The molecule has 6 heteroatoms. The SMILES string of the molecule is COc1ccc2[nH]c3c(-c4ccc(F)c5ccccc45)nccc3c2n1.Cl. The van der Waals surface area contributed by atoms with Gasteiger partial charge in [0.2, 0.25) is 5.88 Å². The first kappa shape index (κ1) is 17.2. The van der Waals surface area contributed by atoms with Crippen LogP contribution in [0.4, 0.5) is 4.39 Å². The maximum Gasteiger partial charge on any atom is 0.213 e. The molecule has 0 aliphatic rings. The Kier molecular flexibility index (Phi) is 4.16. The van der Waals surface area contributed by atoms with E-state index in [4.69, 9.17) is 4.74 Å². The molecule has 0 saturated carbocycles. The zero-order valence-electron chi connectivity index (χ0n) is 14.4. The fourth-order valence-electron chi connectivity index (χ4n) is 3.45. The van der Waals surface area contributed by atoms with E-state index in [1.54, 1.807) is 25.4 Å². The van der Waals surface area contributed by atoms with Crippen molar-refractivity contribution in [2.24, 2.45) is 0 Å². The molecule has 0 amide bonds. The van der Waals surface area contributed by atoms with E-state index in [-0.39, 0.29) is 18.2 Å². The van der Waals surface area contributed by atoms with E-state index < -0.39 is 0 Å². The molecular formula is C21H15ClFN3O. The van der Waals surface area contributed by atoms with E-state index in [2.05, 4.69) is 15.0 Å². The molecule has 134 valence electrons. The Balaban J connectivity index is 0.00000180. The molecular weight excluding hydrogens is 365 g/mol. The van der Waals surface area contributed by atoms with Gasteiger partial charge in [-0.15, -0.1) is 12.4 Å². The molecule has 4 nitrogen and oxygen atoms in total. The van der Waals surface area contributed by atoms with Crippen molar-refractivity contribution in [3.05, 3.63) is 66.6 Å². The number of ether oxygens (including phenoxy) is 1. The maximum atomic E-state index is 14.2. The molecule has 2 aromatic carbocycles. The number of aromatic nitrogens is 3. The van der Waals surface area contributed by atoms with Gasteiger partial charge in [0.05, 0.1) is 29.4 Å². The summed E-state index contributed by atoms with van der Waals surface area (Å²) >= 11 is 0. The molecule has 0 aliphatic heterocycles. The van der Waals surface area contributed by atoms with Crippen LogP contribution in [0.1, 0.15) is 0 Å². The second kappa shape index (κ2) is 6.52. The van der Waals surface area contributed by atoms with Gasteiger partial charge in [-0.1, -0.05) is 24.3 Å². The lowest BCUT2D eigenvalue weighted by Gasteiger charge is -2.08. The van der Waals surface area contributed by atoms with E-state index in [0.29, 0.717) is 11.3 Å². The first-order chi connectivity index (χ1) is 12.8. The van der Waals surface area contributed by atoms with Crippen LogP contribution in [-0.2, 0) is 0 Å². The molecule has 0 radical (unpaired) electrons. The highest BCUT2D eigenvalue weighted by molar-refractivity contribution is 6.11. The van der Waals surface area contributed by atoms with Crippen molar-refractivity contribution in [1.82, 2.24) is 15.0 Å². The molecule has 0 aliphatic carbocycles. The predicted molar refractivity (Wildman–Crippen MR) is 108 cm³/mol. The molecule has 0 saturated heterocycles. The van der Waals surface area contributed by atoms with E-state index in [1.807, 2.05) is 36.4 Å². The van der Waals surface area contributed by atoms with Crippen molar-refractivity contribution >= 4 is 45.1 Å². The molecule has 0 bridgehead atoms. The lowest BCUT2D eigenvalue weighted by Crippen LogP contribution is -1.89. The molecule has 5 aromatic rings. The molecule has 3 aromatic heterocycles. The Morgan fingerprint density at radius 2 is 1.74 bits per heavy atom. The number of rotatable bonds is 2. The average Bonchev–Trinajstić information content (AvgIpc) is 3.06. The molecule has 5 rings (SSSR count). The van der Waals surface area contributed by atoms with Crippen molar-refractivity contribution in [3.63, 3.8) is 0 Å². The normalized spacial score (nSPS) is 11.0. The molecule has 27 heavy (non-hydrogen) atoms. The van der Waals surface area contributed by atoms with Gasteiger partial charge in [0.1, 0.15) is 5.82 Å². The standard InChI is InChI=1S/C21H14FN3O.ClH/c1-26-18-9-8-17-19(25-18)15-10-11-23-20(21(15)24-17)14-6-7-16(22)13-5-3-2-4-12(13)14;/h2-11,24H,1H3;1H. The van der Waals surface area contributed by atoms with E-state index in [1.165, 1.54) is 6.07 Å². The molecule has 0 unspecified atom stereocenters. The summed E-state index contributed by atoms with van der Waals surface area (Å²) in [5.74, 6) is 0.323. The van der Waals surface area contributed by atoms with Gasteiger partial charge in [-0.3, -0.25) is 4.98 Å². The number of nitrogens with one attached hydrogen (secondary N) is 1. The van der Waals surface area contributed by atoms with Crippen molar-refractivity contribution < 1.29 is 9.13 Å². The largest absolute Gasteiger partial charge is 0.481 e. The third-order valence-electron chi connectivity index (χ3n) is 4.67. The second-order valence-corrected chi connectivity index (χ2v) is 6.10. The van der Waals surface area contributed by atoms with E-state index >= 15 is 0 Å². The summed E-state index contributed by atoms with van der Waals surface area (Å²) in [5.41, 5.74) is 4.26. The maximum absolute atomic E-state index is 14.2. The Morgan fingerprint density at radius 1 is 0.926 bits per heavy atom. The van der Waals surface area contributed by atoms with Crippen LogP contribution in [0.3, 0.4) is 0 Å². The summed E-state index contributed by atoms with van der Waals surface area (Å²) in [7, 11) is 1.60. The number of hydrogen-bond acceptors (Lipinski definition) is 3. The van der Waals surface area contributed by atoms with Crippen molar-refractivity contribution in [1.29, 1.82) is 0 Å². The Morgan fingerprint density at radius 3 is 2.56 bits per heavy atom. The van der Waals surface area contributed by atoms with Crippen LogP contribution in [0.15, 0.2) is 60.8 Å². The monoisotopic (exact) mass is 379 g/mol. The number of benzene rings is 2. The van der Waals surface area contributed by atoms with E-state index in [9.17, 15) is 4.39 Å². The lowest BCUT2D eigenvalue weighted by molar-refractivity contribution is 0.399. The van der Waals surface area contributed by atoms with Crippen LogP contribution in [0.25, 0.3) is 44.0 Å². The Bertz CT molecular complexity index is 1300. The molecule has 3 heterocycles. The number of aromatic amines is 1. The zero-order valence-corrected chi connectivity index (χ0v) is 15.2. The van der Waals surface area contributed by atoms with Gasteiger partial charge in [0.15, 0.2) is 0 Å². The summed E-state index contributed by atoms with van der Waals surface area (Å²) in [6.07, 6.45) is 1.75. The number of H-pyrrole nitrogens is 1. The number of pyridine rings is 2. The highest BCUT2D eigenvalue weighted by Gasteiger charge is 2.15. The molecule has 0 fully saturated rings. The van der Waals surface area contributed by atoms with Gasteiger partial charge in [-0.25, -0.2) is 9.37 Å². The summed E-state index contributed by atoms with van der Waals surface area (Å²) in [6.45, 7) is 0. The smallest absolute Gasteiger partial charge is 0.213 e. The fraction of sp³-hybridized carbons (Fsp3) is 0.0476. The van der Waals surface area contributed by atoms with Crippen LogP contribution >= 0.6 is 12.4 Å². The number of methoxy groups -OCH3 is 1. The summed E-state index contributed by atoms with van der Waals surface area (Å²) in [6, 6.07) is 16.4. The minimum absolute atomic E-state index is 0. The van der Waals surface area contributed by atoms with Gasteiger partial charge in [0, 0.05) is 28.6 Å². The highest BCUT2D eigenvalue weighted by atomic mass is 35.5.